The molecule has 152 valence electrons. The van der Waals surface area contributed by atoms with Crippen molar-refractivity contribution in [2.75, 3.05) is 0 Å². The molecule has 2 heterocycles. The third-order valence-corrected chi connectivity index (χ3v) is 4.66. The Hall–Kier alpha value is -3.78. The molecule has 4 rings (SSSR count). The third-order valence-electron chi connectivity index (χ3n) is 4.66. The number of rotatable bonds is 6. The van der Waals surface area contributed by atoms with Crippen LogP contribution in [0.5, 0.6) is 5.75 Å². The van der Waals surface area contributed by atoms with E-state index in [9.17, 15) is 13.6 Å². The monoisotopic (exact) mass is 409 g/mol. The first-order valence-electron chi connectivity index (χ1n) is 9.08. The Morgan fingerprint density at radius 3 is 2.40 bits per heavy atom. The molecule has 0 saturated carbocycles. The summed E-state index contributed by atoms with van der Waals surface area (Å²) in [5, 5.41) is 9.66. The number of pyridine rings is 1. The molecule has 2 aromatic heterocycles. The number of aromatic nitrogens is 2. The third kappa shape index (κ3) is 4.13. The van der Waals surface area contributed by atoms with E-state index in [0.717, 1.165) is 16.5 Å². The van der Waals surface area contributed by atoms with Crippen LogP contribution >= 0.6 is 0 Å². The average Bonchev–Trinajstić information content (AvgIpc) is 3.11. The summed E-state index contributed by atoms with van der Waals surface area (Å²) in [4.78, 5) is 15.9. The number of benzene rings is 2. The molecule has 0 atom stereocenters. The zero-order valence-electron chi connectivity index (χ0n) is 15.7. The van der Waals surface area contributed by atoms with E-state index >= 15 is 0 Å². The molecule has 0 radical (unpaired) electrons. The van der Waals surface area contributed by atoms with Crippen LogP contribution in [-0.4, -0.2) is 20.7 Å². The van der Waals surface area contributed by atoms with Crippen molar-refractivity contribution in [2.24, 2.45) is 0 Å². The van der Waals surface area contributed by atoms with Crippen molar-refractivity contribution in [3.8, 4) is 5.75 Å². The topological polar surface area (TPSA) is 76.4 Å². The number of fused-ring (bicyclic) bond motifs is 1. The highest BCUT2D eigenvalue weighted by molar-refractivity contribution is 5.95. The fourth-order valence-electron chi connectivity index (χ4n) is 3.16. The van der Waals surface area contributed by atoms with E-state index in [-0.39, 0.29) is 23.9 Å². The van der Waals surface area contributed by atoms with Crippen molar-refractivity contribution >= 4 is 16.8 Å². The lowest BCUT2D eigenvalue weighted by atomic mass is 10.2. The van der Waals surface area contributed by atoms with E-state index < -0.39 is 5.91 Å². The molecule has 8 heteroatoms. The quantitative estimate of drug-likeness (QED) is 0.372. The van der Waals surface area contributed by atoms with Crippen molar-refractivity contribution in [2.45, 2.75) is 13.2 Å². The summed E-state index contributed by atoms with van der Waals surface area (Å²) in [5.41, 5.74) is 3.99. The second kappa shape index (κ2) is 8.30. The lowest BCUT2D eigenvalue weighted by Crippen LogP contribution is -2.19. The Kier molecular flexibility index (Phi) is 5.40. The largest absolute Gasteiger partial charge is 0.489 e. The van der Waals surface area contributed by atoms with Gasteiger partial charge in [0.15, 0.2) is 0 Å². The van der Waals surface area contributed by atoms with E-state index in [1.165, 1.54) is 42.6 Å². The predicted octanol–water partition coefficient (Wildman–Crippen LogP) is 4.06. The summed E-state index contributed by atoms with van der Waals surface area (Å²) in [6, 6.07) is 13.4. The summed E-state index contributed by atoms with van der Waals surface area (Å²) in [6.45, 7) is 0.628. The van der Waals surface area contributed by atoms with Crippen molar-refractivity contribution in [3.05, 3.63) is 95.4 Å². The van der Waals surface area contributed by atoms with Gasteiger partial charge in [-0.25, -0.2) is 14.3 Å². The Bertz CT molecular complexity index is 1190. The highest BCUT2D eigenvalue weighted by atomic mass is 19.1. The van der Waals surface area contributed by atoms with Crippen LogP contribution in [-0.2, 0) is 13.2 Å². The average molecular weight is 409 g/mol. The summed E-state index contributed by atoms with van der Waals surface area (Å²) in [7, 11) is 0. The van der Waals surface area contributed by atoms with E-state index in [1.807, 2.05) is 10.8 Å². The van der Waals surface area contributed by atoms with Gasteiger partial charge in [0, 0.05) is 29.9 Å². The Balaban J connectivity index is 1.69. The highest BCUT2D eigenvalue weighted by Gasteiger charge is 2.14. The second-order valence-corrected chi connectivity index (χ2v) is 6.68. The maximum atomic E-state index is 13.2. The molecule has 0 bridgehead atoms. The number of carbonyl (C=O) groups is 1. The fourth-order valence-corrected chi connectivity index (χ4v) is 3.16. The van der Waals surface area contributed by atoms with Gasteiger partial charge in [-0.2, -0.15) is 0 Å². The van der Waals surface area contributed by atoms with Crippen LogP contribution in [0.2, 0.25) is 0 Å². The molecule has 0 aliphatic rings. The van der Waals surface area contributed by atoms with Gasteiger partial charge in [-0.1, -0.05) is 12.1 Å². The van der Waals surface area contributed by atoms with Crippen LogP contribution in [0.1, 0.15) is 21.6 Å². The van der Waals surface area contributed by atoms with Gasteiger partial charge in [0.05, 0.1) is 5.52 Å². The van der Waals surface area contributed by atoms with Gasteiger partial charge in [0.1, 0.15) is 29.7 Å². The number of halogens is 2. The molecule has 0 fully saturated rings. The molecule has 0 unspecified atom stereocenters. The molecule has 0 aliphatic heterocycles. The van der Waals surface area contributed by atoms with Crippen molar-refractivity contribution in [1.29, 1.82) is 0 Å². The van der Waals surface area contributed by atoms with E-state index in [2.05, 4.69) is 4.98 Å². The Labute approximate surface area is 170 Å². The van der Waals surface area contributed by atoms with Crippen LogP contribution in [0.15, 0.2) is 67.0 Å². The number of ether oxygens (including phenoxy) is 1. The van der Waals surface area contributed by atoms with Gasteiger partial charge in [0.25, 0.3) is 5.91 Å². The van der Waals surface area contributed by atoms with Gasteiger partial charge < -0.3 is 9.30 Å². The molecular formula is C22H17F2N3O3. The van der Waals surface area contributed by atoms with Crippen LogP contribution < -0.4 is 10.2 Å². The van der Waals surface area contributed by atoms with Crippen molar-refractivity contribution in [1.82, 2.24) is 15.0 Å². The number of carbonyl (C=O) groups excluding carboxylic acids is 1. The summed E-state index contributed by atoms with van der Waals surface area (Å²) >= 11 is 0. The van der Waals surface area contributed by atoms with Gasteiger partial charge in [0.2, 0.25) is 0 Å². The number of hydroxylamine groups is 1. The number of nitrogens with one attached hydrogen (secondary N) is 1. The minimum Gasteiger partial charge on any atom is -0.489 e. The first-order chi connectivity index (χ1) is 14.5. The lowest BCUT2D eigenvalue weighted by Gasteiger charge is -2.06. The zero-order valence-corrected chi connectivity index (χ0v) is 15.7. The summed E-state index contributed by atoms with van der Waals surface area (Å²) in [6.07, 6.45) is 3.39. The van der Waals surface area contributed by atoms with Crippen LogP contribution in [0.4, 0.5) is 8.78 Å². The Morgan fingerprint density at radius 2 is 1.73 bits per heavy atom. The van der Waals surface area contributed by atoms with E-state index in [0.29, 0.717) is 17.8 Å². The second-order valence-electron chi connectivity index (χ2n) is 6.68. The summed E-state index contributed by atoms with van der Waals surface area (Å²) < 4.78 is 34.0. The maximum Gasteiger partial charge on any atom is 0.293 e. The lowest BCUT2D eigenvalue weighted by molar-refractivity contribution is 0.0701. The Morgan fingerprint density at radius 1 is 1.07 bits per heavy atom. The van der Waals surface area contributed by atoms with Gasteiger partial charge in [-0.3, -0.25) is 15.0 Å². The standard InChI is InChI=1S/C22H17F2N3O3/c23-16-3-1-14(2-4-16)11-27-12-15(13-30-18-7-5-17(24)6-8-18)19-10-25-20(9-21(19)27)22(28)26-29/h1-10,12,29H,11,13H2,(H,26,28). The molecule has 6 nitrogen and oxygen atoms in total. The molecule has 30 heavy (non-hydrogen) atoms. The smallest absolute Gasteiger partial charge is 0.293 e. The van der Waals surface area contributed by atoms with E-state index in [4.69, 9.17) is 9.94 Å². The summed E-state index contributed by atoms with van der Waals surface area (Å²) in [5.74, 6) is -0.886. The zero-order chi connectivity index (χ0) is 21.1. The normalized spacial score (nSPS) is 10.9. The van der Waals surface area contributed by atoms with Gasteiger partial charge in [-0.05, 0) is 48.0 Å². The van der Waals surface area contributed by atoms with Crippen LogP contribution in [0, 0.1) is 11.6 Å². The molecule has 2 N–H and O–H groups in total. The molecule has 0 spiro atoms. The molecule has 0 aliphatic carbocycles. The first-order valence-corrected chi connectivity index (χ1v) is 9.08. The van der Waals surface area contributed by atoms with Gasteiger partial charge in [-0.15, -0.1) is 0 Å². The van der Waals surface area contributed by atoms with E-state index in [1.54, 1.807) is 23.7 Å². The van der Waals surface area contributed by atoms with Crippen molar-refractivity contribution < 1.29 is 23.5 Å². The van der Waals surface area contributed by atoms with Gasteiger partial charge >= 0.3 is 0 Å². The number of amides is 1. The molecule has 1 amide bonds. The molecule has 4 aromatic rings. The SMILES string of the molecule is O=C(NO)c1cc2c(cn1)c(COc1ccc(F)cc1)cn2Cc1ccc(F)cc1. The number of nitrogens with zero attached hydrogens (tertiary/aromatic N) is 2. The predicted molar refractivity (Wildman–Crippen MR) is 105 cm³/mol. The number of hydrogen-bond acceptors (Lipinski definition) is 4. The fraction of sp³-hybridized carbons (Fsp3) is 0.0909. The molecular weight excluding hydrogens is 392 g/mol. The maximum absolute atomic E-state index is 13.2. The molecule has 0 saturated heterocycles. The van der Waals surface area contributed by atoms with Crippen LogP contribution in [0.25, 0.3) is 10.9 Å². The molecule has 2 aromatic carbocycles. The minimum absolute atomic E-state index is 0.0504. The van der Waals surface area contributed by atoms with Crippen molar-refractivity contribution in [3.63, 3.8) is 0 Å². The highest BCUT2D eigenvalue weighted by Crippen LogP contribution is 2.25. The van der Waals surface area contributed by atoms with Crippen LogP contribution in [0.3, 0.4) is 0 Å². The minimum atomic E-state index is -0.726. The number of hydrogen-bond donors (Lipinski definition) is 2. The first kappa shape index (κ1) is 19.5.